The molecule has 2 aromatic carbocycles. The first kappa shape index (κ1) is 17.2. The second-order valence-electron chi connectivity index (χ2n) is 6.16. The summed E-state index contributed by atoms with van der Waals surface area (Å²) in [7, 11) is 0. The summed E-state index contributed by atoms with van der Waals surface area (Å²) in [6.07, 6.45) is 0.479. The van der Waals surface area contributed by atoms with Gasteiger partial charge in [0.15, 0.2) is 18.2 Å². The number of carbonyl (C=O) groups is 1. The van der Waals surface area contributed by atoms with Crippen LogP contribution >= 0.6 is 0 Å². The molecule has 1 aliphatic rings. The molecule has 0 bridgehead atoms. The Hall–Kier alpha value is -3.22. The molecule has 1 aliphatic heterocycles. The fourth-order valence-electron chi connectivity index (χ4n) is 2.99. The smallest absolute Gasteiger partial charge is 0.257 e. The van der Waals surface area contributed by atoms with Gasteiger partial charge < -0.3 is 14.1 Å². The van der Waals surface area contributed by atoms with E-state index in [-0.39, 0.29) is 18.7 Å². The van der Waals surface area contributed by atoms with Gasteiger partial charge in [-0.25, -0.2) is 13.8 Å². The molecule has 138 valence electrons. The summed E-state index contributed by atoms with van der Waals surface area (Å²) in [5.41, 5.74) is 0.469. The van der Waals surface area contributed by atoms with Crippen LogP contribution in [0.4, 0.5) is 8.78 Å². The van der Waals surface area contributed by atoms with Gasteiger partial charge in [0.2, 0.25) is 5.89 Å². The van der Waals surface area contributed by atoms with Gasteiger partial charge >= 0.3 is 0 Å². The molecular formula is C20H16F2N2O3. The van der Waals surface area contributed by atoms with E-state index in [4.69, 9.17) is 9.15 Å². The fraction of sp³-hybridized carbons (Fsp3) is 0.200. The molecule has 0 spiro atoms. The zero-order chi connectivity index (χ0) is 18.8. The molecule has 1 aromatic heterocycles. The fourth-order valence-corrected chi connectivity index (χ4v) is 2.99. The van der Waals surface area contributed by atoms with Crippen molar-refractivity contribution >= 4 is 5.91 Å². The van der Waals surface area contributed by atoms with Crippen molar-refractivity contribution in [2.24, 2.45) is 0 Å². The summed E-state index contributed by atoms with van der Waals surface area (Å²) in [5, 5.41) is 0. The topological polar surface area (TPSA) is 55.6 Å². The molecule has 0 atom stereocenters. The van der Waals surface area contributed by atoms with Crippen molar-refractivity contribution < 1.29 is 22.7 Å². The first-order valence-corrected chi connectivity index (χ1v) is 8.50. The first-order valence-electron chi connectivity index (χ1n) is 8.50. The van der Waals surface area contributed by atoms with Crippen molar-refractivity contribution in [2.45, 2.75) is 19.6 Å². The molecule has 3 aromatic rings. The van der Waals surface area contributed by atoms with Crippen LogP contribution in [0.1, 0.15) is 27.7 Å². The summed E-state index contributed by atoms with van der Waals surface area (Å²) < 4.78 is 38.6. The number of benzene rings is 2. The molecule has 2 heterocycles. The monoisotopic (exact) mass is 370 g/mol. The molecule has 0 aliphatic carbocycles. The molecule has 27 heavy (non-hydrogen) atoms. The van der Waals surface area contributed by atoms with Gasteiger partial charge in [0.1, 0.15) is 11.5 Å². The van der Waals surface area contributed by atoms with Crippen molar-refractivity contribution in [3.63, 3.8) is 0 Å². The van der Waals surface area contributed by atoms with E-state index >= 15 is 0 Å². The Kier molecular flexibility index (Phi) is 4.58. The average molecular weight is 370 g/mol. The standard InChI is InChI=1S/C20H16F2N2O3/c21-15-8-4-7-14(19(15)22)20(25)24-10-9-16-17(11-24)27-18(23-16)12-26-13-5-2-1-3-6-13/h1-8H,9-12H2. The number of fused-ring (bicyclic) bond motifs is 1. The van der Waals surface area contributed by atoms with Gasteiger partial charge in [-0.05, 0) is 24.3 Å². The SMILES string of the molecule is O=C(c1cccc(F)c1F)N1CCc2nc(COc3ccccc3)oc2C1. The van der Waals surface area contributed by atoms with Gasteiger partial charge in [0.05, 0.1) is 17.8 Å². The number of rotatable bonds is 4. The van der Waals surface area contributed by atoms with E-state index in [2.05, 4.69) is 4.98 Å². The highest BCUT2D eigenvalue weighted by Crippen LogP contribution is 2.23. The summed E-state index contributed by atoms with van der Waals surface area (Å²) >= 11 is 0. The molecule has 4 rings (SSSR count). The van der Waals surface area contributed by atoms with E-state index in [1.807, 2.05) is 30.3 Å². The zero-order valence-corrected chi connectivity index (χ0v) is 14.3. The van der Waals surface area contributed by atoms with E-state index in [0.717, 1.165) is 11.8 Å². The van der Waals surface area contributed by atoms with E-state index in [9.17, 15) is 13.6 Å². The highest BCUT2D eigenvalue weighted by atomic mass is 19.2. The lowest BCUT2D eigenvalue weighted by molar-refractivity contribution is 0.0712. The molecule has 0 saturated heterocycles. The lowest BCUT2D eigenvalue weighted by Gasteiger charge is -2.25. The minimum Gasteiger partial charge on any atom is -0.484 e. The summed E-state index contributed by atoms with van der Waals surface area (Å²) in [4.78, 5) is 18.4. The van der Waals surface area contributed by atoms with Gasteiger partial charge in [0, 0.05) is 13.0 Å². The largest absolute Gasteiger partial charge is 0.484 e. The highest BCUT2D eigenvalue weighted by molar-refractivity contribution is 5.94. The van der Waals surface area contributed by atoms with E-state index in [0.29, 0.717) is 30.4 Å². The van der Waals surface area contributed by atoms with E-state index < -0.39 is 17.5 Å². The van der Waals surface area contributed by atoms with Crippen molar-refractivity contribution in [1.82, 2.24) is 9.88 Å². The molecule has 0 saturated carbocycles. The average Bonchev–Trinajstić information content (AvgIpc) is 3.11. The summed E-state index contributed by atoms with van der Waals surface area (Å²) in [6, 6.07) is 12.9. The third-order valence-electron chi connectivity index (χ3n) is 4.35. The lowest BCUT2D eigenvalue weighted by Crippen LogP contribution is -2.36. The van der Waals surface area contributed by atoms with Crippen LogP contribution in [0.3, 0.4) is 0 Å². The first-order chi connectivity index (χ1) is 13.1. The van der Waals surface area contributed by atoms with Crippen LogP contribution in [-0.2, 0) is 19.6 Å². The molecule has 5 nitrogen and oxygen atoms in total. The molecular weight excluding hydrogens is 354 g/mol. The number of ether oxygens (including phenoxy) is 1. The third-order valence-corrected chi connectivity index (χ3v) is 4.35. The van der Waals surface area contributed by atoms with Crippen LogP contribution in [0.5, 0.6) is 5.75 Å². The van der Waals surface area contributed by atoms with Gasteiger partial charge in [0.25, 0.3) is 5.91 Å². The number of amides is 1. The second-order valence-corrected chi connectivity index (χ2v) is 6.16. The van der Waals surface area contributed by atoms with Crippen LogP contribution in [0.15, 0.2) is 52.9 Å². The number of hydrogen-bond acceptors (Lipinski definition) is 4. The molecule has 0 unspecified atom stereocenters. The minimum absolute atomic E-state index is 0.155. The number of nitrogens with zero attached hydrogens (tertiary/aromatic N) is 2. The maximum atomic E-state index is 13.9. The van der Waals surface area contributed by atoms with Crippen LogP contribution < -0.4 is 4.74 Å². The minimum atomic E-state index is -1.14. The van der Waals surface area contributed by atoms with Gasteiger partial charge in [-0.3, -0.25) is 4.79 Å². The summed E-state index contributed by atoms with van der Waals surface area (Å²) in [6.45, 7) is 0.680. The Labute approximate surface area is 154 Å². The molecule has 1 amide bonds. The van der Waals surface area contributed by atoms with Crippen LogP contribution in [0.2, 0.25) is 0 Å². The molecule has 0 N–H and O–H groups in total. The Morgan fingerprint density at radius 2 is 1.96 bits per heavy atom. The van der Waals surface area contributed by atoms with Gasteiger partial charge in [-0.2, -0.15) is 0 Å². The Morgan fingerprint density at radius 3 is 2.78 bits per heavy atom. The van der Waals surface area contributed by atoms with Crippen LogP contribution in [0, 0.1) is 11.6 Å². The molecule has 0 radical (unpaired) electrons. The van der Waals surface area contributed by atoms with Crippen molar-refractivity contribution in [2.75, 3.05) is 6.54 Å². The number of oxazole rings is 1. The maximum absolute atomic E-state index is 13.9. The summed E-state index contributed by atoms with van der Waals surface area (Å²) in [5.74, 6) is -1.10. The van der Waals surface area contributed by atoms with Crippen LogP contribution in [0.25, 0.3) is 0 Å². The highest BCUT2D eigenvalue weighted by Gasteiger charge is 2.28. The van der Waals surface area contributed by atoms with E-state index in [1.54, 1.807) is 0 Å². The van der Waals surface area contributed by atoms with Crippen molar-refractivity contribution in [1.29, 1.82) is 0 Å². The van der Waals surface area contributed by atoms with Gasteiger partial charge in [-0.1, -0.05) is 24.3 Å². The van der Waals surface area contributed by atoms with Crippen molar-refractivity contribution in [3.8, 4) is 5.75 Å². The Balaban J connectivity index is 1.46. The predicted octanol–water partition coefficient (Wildman–Crippen LogP) is 3.73. The molecule has 7 heteroatoms. The Bertz CT molecular complexity index is 973. The number of halogens is 2. The van der Waals surface area contributed by atoms with Gasteiger partial charge in [-0.15, -0.1) is 0 Å². The Morgan fingerprint density at radius 1 is 1.15 bits per heavy atom. The number of para-hydroxylation sites is 1. The van der Waals surface area contributed by atoms with Crippen molar-refractivity contribution in [3.05, 3.63) is 83.1 Å². The zero-order valence-electron chi connectivity index (χ0n) is 14.3. The molecule has 0 fully saturated rings. The lowest BCUT2D eigenvalue weighted by atomic mass is 10.1. The third kappa shape index (κ3) is 3.53. The number of aromatic nitrogens is 1. The normalized spacial score (nSPS) is 13.3. The maximum Gasteiger partial charge on any atom is 0.257 e. The van der Waals surface area contributed by atoms with E-state index in [1.165, 1.54) is 17.0 Å². The number of hydrogen-bond donors (Lipinski definition) is 0. The predicted molar refractivity (Wildman–Crippen MR) is 92.1 cm³/mol. The number of carbonyl (C=O) groups excluding carboxylic acids is 1. The quantitative estimate of drug-likeness (QED) is 0.702. The van der Waals surface area contributed by atoms with Crippen LogP contribution in [-0.4, -0.2) is 22.3 Å². The second kappa shape index (κ2) is 7.19.